The average Bonchev–Trinajstić information content (AvgIpc) is 3.10. The van der Waals surface area contributed by atoms with Gasteiger partial charge in [0.25, 0.3) is 0 Å². The van der Waals surface area contributed by atoms with E-state index in [0.717, 1.165) is 23.5 Å². The fourth-order valence-corrected chi connectivity index (χ4v) is 2.76. The molecular weight excluding hydrogens is 272 g/mol. The molecule has 0 spiro atoms. The number of thiophene rings is 1. The monoisotopic (exact) mass is 286 g/mol. The second-order valence-corrected chi connectivity index (χ2v) is 5.40. The van der Waals surface area contributed by atoms with Crippen LogP contribution in [0.5, 0.6) is 5.75 Å². The summed E-state index contributed by atoms with van der Waals surface area (Å²) in [6.45, 7) is 0.360. The molecule has 20 heavy (non-hydrogen) atoms. The second kappa shape index (κ2) is 5.44. The zero-order valence-electron chi connectivity index (χ0n) is 10.7. The SMILES string of the molecule is NCc1nnn(-c2ccc(O)cc2)c1Cc1cccs1. The van der Waals surface area contributed by atoms with E-state index in [2.05, 4.69) is 16.4 Å². The van der Waals surface area contributed by atoms with E-state index >= 15 is 0 Å². The minimum atomic E-state index is 0.229. The summed E-state index contributed by atoms with van der Waals surface area (Å²) in [5.41, 5.74) is 8.39. The van der Waals surface area contributed by atoms with E-state index in [1.807, 2.05) is 23.6 Å². The first-order chi connectivity index (χ1) is 9.78. The number of hydrogen-bond donors (Lipinski definition) is 2. The maximum Gasteiger partial charge on any atom is 0.115 e. The zero-order valence-corrected chi connectivity index (χ0v) is 11.5. The lowest BCUT2D eigenvalue weighted by molar-refractivity contribution is 0.475. The van der Waals surface area contributed by atoms with Gasteiger partial charge in [0.2, 0.25) is 0 Å². The Morgan fingerprint density at radius 2 is 2.00 bits per heavy atom. The fourth-order valence-electron chi connectivity index (χ4n) is 2.05. The van der Waals surface area contributed by atoms with E-state index in [-0.39, 0.29) is 5.75 Å². The van der Waals surface area contributed by atoms with Crippen LogP contribution in [0.2, 0.25) is 0 Å². The van der Waals surface area contributed by atoms with Crippen LogP contribution in [-0.2, 0) is 13.0 Å². The van der Waals surface area contributed by atoms with Crippen molar-refractivity contribution in [2.45, 2.75) is 13.0 Å². The van der Waals surface area contributed by atoms with Gasteiger partial charge < -0.3 is 10.8 Å². The maximum absolute atomic E-state index is 9.37. The number of rotatable bonds is 4. The molecule has 0 bridgehead atoms. The van der Waals surface area contributed by atoms with Crippen LogP contribution in [0.25, 0.3) is 5.69 Å². The van der Waals surface area contributed by atoms with Gasteiger partial charge in [-0.2, -0.15) is 0 Å². The molecule has 2 heterocycles. The number of hydrogen-bond acceptors (Lipinski definition) is 5. The summed E-state index contributed by atoms with van der Waals surface area (Å²) in [5, 5.41) is 19.7. The van der Waals surface area contributed by atoms with Crippen molar-refractivity contribution in [2.24, 2.45) is 5.73 Å². The van der Waals surface area contributed by atoms with Gasteiger partial charge in [0.05, 0.1) is 11.4 Å². The van der Waals surface area contributed by atoms with Gasteiger partial charge in [-0.15, -0.1) is 16.4 Å². The van der Waals surface area contributed by atoms with Gasteiger partial charge in [0, 0.05) is 17.8 Å². The molecule has 1 aromatic carbocycles. The number of phenolic OH excluding ortho intramolecular Hbond substituents is 1. The molecule has 0 atom stereocenters. The van der Waals surface area contributed by atoms with Crippen molar-refractivity contribution >= 4 is 11.3 Å². The summed E-state index contributed by atoms with van der Waals surface area (Å²) in [7, 11) is 0. The Morgan fingerprint density at radius 1 is 1.20 bits per heavy atom. The fraction of sp³-hybridized carbons (Fsp3) is 0.143. The smallest absolute Gasteiger partial charge is 0.115 e. The van der Waals surface area contributed by atoms with Crippen LogP contribution >= 0.6 is 11.3 Å². The van der Waals surface area contributed by atoms with Gasteiger partial charge in [0.1, 0.15) is 11.4 Å². The predicted octanol–water partition coefficient (Wildman–Crippen LogP) is 2.08. The molecule has 0 fully saturated rings. The lowest BCUT2D eigenvalue weighted by Crippen LogP contribution is -2.06. The first-order valence-electron chi connectivity index (χ1n) is 6.23. The molecule has 102 valence electrons. The molecule has 0 saturated heterocycles. The molecule has 0 aliphatic carbocycles. The molecule has 3 aromatic rings. The van der Waals surface area contributed by atoms with Crippen LogP contribution < -0.4 is 5.73 Å². The van der Waals surface area contributed by atoms with Gasteiger partial charge in [0.15, 0.2) is 0 Å². The third-order valence-electron chi connectivity index (χ3n) is 3.05. The van der Waals surface area contributed by atoms with Crippen LogP contribution in [0.3, 0.4) is 0 Å². The normalized spacial score (nSPS) is 10.8. The van der Waals surface area contributed by atoms with E-state index in [1.165, 1.54) is 4.88 Å². The molecule has 6 heteroatoms. The summed E-state index contributed by atoms with van der Waals surface area (Å²) in [5.74, 6) is 0.229. The Balaban J connectivity index is 2.02. The maximum atomic E-state index is 9.37. The minimum Gasteiger partial charge on any atom is -0.508 e. The highest BCUT2D eigenvalue weighted by Gasteiger charge is 2.14. The number of nitrogens with two attached hydrogens (primary N) is 1. The van der Waals surface area contributed by atoms with Crippen molar-refractivity contribution in [1.29, 1.82) is 0 Å². The van der Waals surface area contributed by atoms with Crippen LogP contribution in [0, 0.1) is 0 Å². The molecule has 2 aromatic heterocycles. The van der Waals surface area contributed by atoms with Gasteiger partial charge >= 0.3 is 0 Å². The molecule has 0 radical (unpaired) electrons. The predicted molar refractivity (Wildman–Crippen MR) is 78.0 cm³/mol. The third kappa shape index (κ3) is 2.43. The number of phenols is 1. The van der Waals surface area contributed by atoms with Crippen LogP contribution in [0.1, 0.15) is 16.3 Å². The molecule has 3 N–H and O–H groups in total. The Bertz CT molecular complexity index is 689. The summed E-state index contributed by atoms with van der Waals surface area (Å²) in [6, 6.07) is 11.0. The molecule has 0 aliphatic rings. The summed E-state index contributed by atoms with van der Waals surface area (Å²) < 4.78 is 1.78. The first-order valence-corrected chi connectivity index (χ1v) is 7.11. The minimum absolute atomic E-state index is 0.229. The van der Waals surface area contributed by atoms with Crippen LogP contribution in [0.4, 0.5) is 0 Å². The molecule has 3 rings (SSSR count). The average molecular weight is 286 g/mol. The van der Waals surface area contributed by atoms with E-state index in [4.69, 9.17) is 5.73 Å². The van der Waals surface area contributed by atoms with E-state index in [1.54, 1.807) is 28.2 Å². The van der Waals surface area contributed by atoms with Crippen molar-refractivity contribution in [3.8, 4) is 11.4 Å². The Kier molecular flexibility index (Phi) is 3.49. The van der Waals surface area contributed by atoms with Crippen molar-refractivity contribution < 1.29 is 5.11 Å². The molecule has 5 nitrogen and oxygen atoms in total. The number of aromatic nitrogens is 3. The van der Waals surface area contributed by atoms with Gasteiger partial charge in [-0.25, -0.2) is 4.68 Å². The van der Waals surface area contributed by atoms with Crippen molar-refractivity contribution in [3.05, 3.63) is 58.0 Å². The zero-order chi connectivity index (χ0) is 13.9. The Labute approximate surface area is 120 Å². The highest BCUT2D eigenvalue weighted by molar-refractivity contribution is 7.09. The highest BCUT2D eigenvalue weighted by Crippen LogP contribution is 2.20. The van der Waals surface area contributed by atoms with Crippen molar-refractivity contribution in [1.82, 2.24) is 15.0 Å². The van der Waals surface area contributed by atoms with E-state index in [9.17, 15) is 5.11 Å². The molecule has 0 saturated carbocycles. The first kappa shape index (κ1) is 12.8. The third-order valence-corrected chi connectivity index (χ3v) is 3.93. The van der Waals surface area contributed by atoms with Crippen LogP contribution in [-0.4, -0.2) is 20.1 Å². The summed E-state index contributed by atoms with van der Waals surface area (Å²) in [4.78, 5) is 1.24. The number of nitrogens with zero attached hydrogens (tertiary/aromatic N) is 3. The molecule has 0 aliphatic heterocycles. The molecular formula is C14H14N4OS. The number of benzene rings is 1. The topological polar surface area (TPSA) is 77.0 Å². The van der Waals surface area contributed by atoms with Crippen molar-refractivity contribution in [2.75, 3.05) is 0 Å². The molecule has 0 amide bonds. The standard InChI is InChI=1S/C14H14N4OS/c15-9-13-14(8-12-2-1-7-20-12)18(17-16-13)10-3-5-11(19)6-4-10/h1-7,19H,8-9,15H2. The lowest BCUT2D eigenvalue weighted by Gasteiger charge is -2.07. The largest absolute Gasteiger partial charge is 0.508 e. The second-order valence-electron chi connectivity index (χ2n) is 4.37. The Hall–Kier alpha value is -2.18. The van der Waals surface area contributed by atoms with Gasteiger partial charge in [-0.3, -0.25) is 0 Å². The highest BCUT2D eigenvalue weighted by atomic mass is 32.1. The summed E-state index contributed by atoms with van der Waals surface area (Å²) >= 11 is 1.70. The van der Waals surface area contributed by atoms with E-state index < -0.39 is 0 Å². The lowest BCUT2D eigenvalue weighted by atomic mass is 10.2. The number of aromatic hydroxyl groups is 1. The molecule has 0 unspecified atom stereocenters. The van der Waals surface area contributed by atoms with Crippen LogP contribution in [0.15, 0.2) is 41.8 Å². The van der Waals surface area contributed by atoms with Crippen molar-refractivity contribution in [3.63, 3.8) is 0 Å². The summed E-state index contributed by atoms with van der Waals surface area (Å²) in [6.07, 6.45) is 0.748. The van der Waals surface area contributed by atoms with Gasteiger partial charge in [-0.05, 0) is 35.7 Å². The Morgan fingerprint density at radius 3 is 2.65 bits per heavy atom. The van der Waals surface area contributed by atoms with Gasteiger partial charge in [-0.1, -0.05) is 11.3 Å². The quantitative estimate of drug-likeness (QED) is 0.770. The van der Waals surface area contributed by atoms with E-state index in [0.29, 0.717) is 6.54 Å².